The fourth-order valence-electron chi connectivity index (χ4n) is 2.35. The Morgan fingerprint density at radius 2 is 1.96 bits per heavy atom. The van der Waals surface area contributed by atoms with Gasteiger partial charge in [-0.2, -0.15) is 0 Å². The Morgan fingerprint density at radius 1 is 1.17 bits per heavy atom. The Bertz CT molecular complexity index is 844. The lowest BCUT2D eigenvalue weighted by molar-refractivity contribution is -0.121. The molecule has 0 unspecified atom stereocenters. The van der Waals surface area contributed by atoms with Crippen molar-refractivity contribution in [1.82, 2.24) is 9.62 Å². The number of benzene rings is 1. The third-order valence-electron chi connectivity index (χ3n) is 3.47. The molecule has 3 rings (SSSR count). The lowest BCUT2D eigenvalue weighted by Crippen LogP contribution is -2.40. The fraction of sp³-hybridized carbons (Fsp3) is 0.200. The third-order valence-corrected chi connectivity index (χ3v) is 6.20. The van der Waals surface area contributed by atoms with Crippen LogP contribution < -0.4 is 5.32 Å². The highest BCUT2D eigenvalue weighted by Gasteiger charge is 2.41. The van der Waals surface area contributed by atoms with E-state index < -0.39 is 28.4 Å². The molecular weight excluding hydrogens is 336 g/mol. The van der Waals surface area contributed by atoms with Gasteiger partial charge in [0.15, 0.2) is 0 Å². The van der Waals surface area contributed by atoms with E-state index >= 15 is 0 Å². The van der Waals surface area contributed by atoms with Gasteiger partial charge in [-0.1, -0.05) is 18.2 Å². The minimum Gasteiger partial charge on any atom is -0.354 e. The number of carbonyl (C=O) groups excluding carboxylic acids is 2. The van der Waals surface area contributed by atoms with Gasteiger partial charge in [0.25, 0.3) is 15.9 Å². The minimum atomic E-state index is -3.93. The van der Waals surface area contributed by atoms with Gasteiger partial charge in [-0.15, -0.1) is 11.3 Å². The number of sulfonamides is 1. The topological polar surface area (TPSA) is 83.6 Å². The summed E-state index contributed by atoms with van der Waals surface area (Å²) < 4.78 is 25.3. The summed E-state index contributed by atoms with van der Waals surface area (Å²) in [7, 11) is -3.93. The molecule has 0 spiro atoms. The highest BCUT2D eigenvalue weighted by atomic mass is 32.2. The van der Waals surface area contributed by atoms with Gasteiger partial charge >= 0.3 is 0 Å². The van der Waals surface area contributed by atoms with Gasteiger partial charge in [-0.25, -0.2) is 12.7 Å². The van der Waals surface area contributed by atoms with Crippen molar-refractivity contribution < 1.29 is 18.0 Å². The molecule has 8 heteroatoms. The van der Waals surface area contributed by atoms with E-state index in [1.54, 1.807) is 23.5 Å². The summed E-state index contributed by atoms with van der Waals surface area (Å²) >= 11 is 1.59. The smallest absolute Gasteiger partial charge is 0.269 e. The Hall–Kier alpha value is -2.19. The molecule has 0 saturated heterocycles. The zero-order valence-electron chi connectivity index (χ0n) is 12.1. The maximum absolute atomic E-state index is 12.3. The molecule has 2 amide bonds. The predicted molar refractivity (Wildman–Crippen MR) is 85.7 cm³/mol. The molecule has 0 atom stereocenters. The van der Waals surface area contributed by atoms with Crippen LogP contribution in [0.3, 0.4) is 0 Å². The zero-order chi connectivity index (χ0) is 16.4. The molecule has 23 heavy (non-hydrogen) atoms. The normalized spacial score (nSPS) is 15.5. The molecule has 1 aliphatic heterocycles. The first-order valence-corrected chi connectivity index (χ1v) is 9.27. The third kappa shape index (κ3) is 2.99. The molecule has 6 nitrogen and oxygen atoms in total. The van der Waals surface area contributed by atoms with Crippen molar-refractivity contribution >= 4 is 33.2 Å². The number of hydrogen-bond donors (Lipinski definition) is 1. The number of rotatable bonds is 5. The summed E-state index contributed by atoms with van der Waals surface area (Å²) in [5, 5.41) is 4.59. The number of thiophene rings is 1. The van der Waals surface area contributed by atoms with Crippen molar-refractivity contribution in [3.63, 3.8) is 0 Å². The van der Waals surface area contributed by atoms with Crippen LogP contribution in [0, 0.1) is 0 Å². The highest BCUT2D eigenvalue weighted by molar-refractivity contribution is 7.90. The van der Waals surface area contributed by atoms with Crippen LogP contribution in [0.4, 0.5) is 0 Å². The second-order valence-corrected chi connectivity index (χ2v) is 7.86. The van der Waals surface area contributed by atoms with Crippen LogP contribution >= 0.6 is 11.3 Å². The van der Waals surface area contributed by atoms with Crippen LogP contribution in [0.5, 0.6) is 0 Å². The van der Waals surface area contributed by atoms with E-state index in [4.69, 9.17) is 0 Å². The van der Waals surface area contributed by atoms with Crippen LogP contribution in [0.1, 0.15) is 15.2 Å². The number of hydrogen-bond acceptors (Lipinski definition) is 5. The van der Waals surface area contributed by atoms with Gasteiger partial charge in [-0.05, 0) is 30.0 Å². The largest absolute Gasteiger partial charge is 0.354 e. The number of amides is 2. The van der Waals surface area contributed by atoms with Crippen molar-refractivity contribution in [3.8, 4) is 0 Å². The Kier molecular flexibility index (Phi) is 4.18. The minimum absolute atomic E-state index is 0.0450. The van der Waals surface area contributed by atoms with Crippen molar-refractivity contribution in [2.75, 3.05) is 13.1 Å². The molecule has 1 N–H and O–H groups in total. The molecule has 1 aliphatic rings. The summed E-state index contributed by atoms with van der Waals surface area (Å²) in [4.78, 5) is 25.2. The van der Waals surface area contributed by atoms with E-state index in [-0.39, 0.29) is 10.5 Å². The molecule has 2 aromatic rings. The molecule has 0 fully saturated rings. The molecule has 1 aromatic heterocycles. The van der Waals surface area contributed by atoms with Crippen molar-refractivity contribution in [1.29, 1.82) is 0 Å². The van der Waals surface area contributed by atoms with Crippen LogP contribution in [0.25, 0.3) is 0 Å². The highest BCUT2D eigenvalue weighted by Crippen LogP contribution is 2.29. The quantitative estimate of drug-likeness (QED) is 0.880. The van der Waals surface area contributed by atoms with Gasteiger partial charge in [-0.3, -0.25) is 9.59 Å². The molecule has 120 valence electrons. The molecule has 2 heterocycles. The van der Waals surface area contributed by atoms with Gasteiger partial charge < -0.3 is 5.32 Å². The summed E-state index contributed by atoms with van der Waals surface area (Å²) in [6, 6.07) is 9.85. The monoisotopic (exact) mass is 350 g/mol. The van der Waals surface area contributed by atoms with Gasteiger partial charge in [0.05, 0.1) is 5.56 Å². The predicted octanol–water partition coefficient (Wildman–Crippen LogP) is 1.25. The molecule has 0 saturated carbocycles. The number of nitrogens with zero attached hydrogens (tertiary/aromatic N) is 1. The summed E-state index contributed by atoms with van der Waals surface area (Å²) in [5.74, 6) is -1.15. The second-order valence-electron chi connectivity index (χ2n) is 4.99. The van der Waals surface area contributed by atoms with E-state index in [1.807, 2.05) is 17.5 Å². The van der Waals surface area contributed by atoms with Crippen molar-refractivity contribution in [3.05, 3.63) is 52.2 Å². The van der Waals surface area contributed by atoms with Gasteiger partial charge in [0, 0.05) is 11.4 Å². The molecular formula is C15H14N2O4S2. The van der Waals surface area contributed by atoms with E-state index in [0.29, 0.717) is 17.3 Å². The summed E-state index contributed by atoms with van der Waals surface area (Å²) in [6.45, 7) is -0.103. The lowest BCUT2D eigenvalue weighted by atomic mass is 10.2. The SMILES string of the molecule is O=C(CN1C(=O)c2ccccc2S1(=O)=O)NCCc1cccs1. The van der Waals surface area contributed by atoms with Crippen LogP contribution in [0.2, 0.25) is 0 Å². The second kappa shape index (κ2) is 6.13. The standard InChI is InChI=1S/C15H14N2O4S2/c18-14(16-8-7-11-4-3-9-22-11)10-17-15(19)12-5-1-2-6-13(12)23(17,20)21/h1-6,9H,7-8,10H2,(H,16,18). The zero-order valence-corrected chi connectivity index (χ0v) is 13.7. The van der Waals surface area contributed by atoms with Gasteiger partial charge in [0.2, 0.25) is 5.91 Å². The first-order chi connectivity index (χ1) is 11.0. The summed E-state index contributed by atoms with van der Waals surface area (Å²) in [6.07, 6.45) is 0.671. The average molecular weight is 350 g/mol. The van der Waals surface area contributed by atoms with E-state index in [2.05, 4.69) is 5.32 Å². The molecule has 0 bridgehead atoms. The maximum Gasteiger partial charge on any atom is 0.269 e. The van der Waals surface area contributed by atoms with Crippen LogP contribution in [-0.4, -0.2) is 37.6 Å². The van der Waals surface area contributed by atoms with Crippen LogP contribution in [0.15, 0.2) is 46.7 Å². The van der Waals surface area contributed by atoms with E-state index in [0.717, 1.165) is 4.88 Å². The lowest BCUT2D eigenvalue weighted by Gasteiger charge is -2.14. The van der Waals surface area contributed by atoms with Gasteiger partial charge in [0.1, 0.15) is 11.4 Å². The Balaban J connectivity index is 1.64. The number of fused-ring (bicyclic) bond motifs is 1. The fourth-order valence-corrected chi connectivity index (χ4v) is 4.59. The van der Waals surface area contributed by atoms with E-state index in [9.17, 15) is 18.0 Å². The average Bonchev–Trinajstić information content (AvgIpc) is 3.10. The number of carbonyl (C=O) groups is 2. The molecule has 1 aromatic carbocycles. The molecule has 0 radical (unpaired) electrons. The Labute approximate surface area is 137 Å². The Morgan fingerprint density at radius 3 is 2.65 bits per heavy atom. The number of nitrogens with one attached hydrogen (secondary N) is 1. The maximum atomic E-state index is 12.3. The molecule has 0 aliphatic carbocycles. The summed E-state index contributed by atoms with van der Waals surface area (Å²) in [5.41, 5.74) is 0.110. The van der Waals surface area contributed by atoms with E-state index in [1.165, 1.54) is 12.1 Å². The van der Waals surface area contributed by atoms with Crippen molar-refractivity contribution in [2.45, 2.75) is 11.3 Å². The van der Waals surface area contributed by atoms with Crippen LogP contribution in [-0.2, 0) is 21.2 Å². The first-order valence-electron chi connectivity index (χ1n) is 6.95. The first kappa shape index (κ1) is 15.7. The van der Waals surface area contributed by atoms with Crippen molar-refractivity contribution in [2.24, 2.45) is 0 Å².